The van der Waals surface area contributed by atoms with E-state index in [4.69, 9.17) is 9.47 Å². The molecular weight excluding hydrogens is 300 g/mol. The Morgan fingerprint density at radius 3 is 2.67 bits per heavy atom. The van der Waals surface area contributed by atoms with Crippen LogP contribution in [0.4, 0.5) is 8.78 Å². The smallest absolute Gasteiger partial charge is 0.350 e. The molecule has 4 nitrogen and oxygen atoms in total. The van der Waals surface area contributed by atoms with Crippen molar-refractivity contribution >= 4 is 17.3 Å². The number of halogens is 2. The second-order valence-electron chi connectivity index (χ2n) is 5.11. The lowest BCUT2D eigenvalue weighted by Crippen LogP contribution is -2.23. The summed E-state index contributed by atoms with van der Waals surface area (Å²) in [5.41, 5.74) is 0.535. The van der Waals surface area contributed by atoms with E-state index in [-0.39, 0.29) is 32.0 Å². The van der Waals surface area contributed by atoms with Crippen molar-refractivity contribution in [1.29, 1.82) is 0 Å². The first kappa shape index (κ1) is 16.3. The molecule has 1 aromatic heterocycles. The van der Waals surface area contributed by atoms with E-state index in [1.54, 1.807) is 6.92 Å². The third kappa shape index (κ3) is 3.97. The predicted molar refractivity (Wildman–Crippen MR) is 74.9 cm³/mol. The zero-order valence-corrected chi connectivity index (χ0v) is 13.0. The van der Waals surface area contributed by atoms with Crippen LogP contribution in [0, 0.1) is 0 Å². The normalized spacial score (nSPS) is 18.7. The Morgan fingerprint density at radius 1 is 1.43 bits per heavy atom. The molecule has 2 rings (SSSR count). The van der Waals surface area contributed by atoms with Crippen LogP contribution >= 0.6 is 11.3 Å². The predicted octanol–water partition coefficient (Wildman–Crippen LogP) is 3.76. The molecule has 21 heavy (non-hydrogen) atoms. The van der Waals surface area contributed by atoms with Crippen LogP contribution < -0.4 is 0 Å². The number of esters is 1. The average molecular weight is 319 g/mol. The molecule has 0 aromatic carbocycles. The van der Waals surface area contributed by atoms with E-state index in [2.05, 4.69) is 4.98 Å². The standard InChI is InChI=1S/C14H19F2NO3S/c1-3-20-13(18)11-10(8-19-2)17-12(21-11)9-4-6-14(15,16)7-5-9/h9H,3-8H2,1-2H3. The first-order valence-electron chi connectivity index (χ1n) is 7.00. The fourth-order valence-electron chi connectivity index (χ4n) is 2.42. The number of nitrogens with zero attached hydrogens (tertiary/aromatic N) is 1. The molecule has 0 amide bonds. The number of rotatable bonds is 5. The molecule has 0 bridgehead atoms. The molecule has 0 saturated heterocycles. The number of thiazole rings is 1. The number of carbonyl (C=O) groups is 1. The van der Waals surface area contributed by atoms with Crippen LogP contribution in [0.5, 0.6) is 0 Å². The van der Waals surface area contributed by atoms with Crippen LogP contribution in [0.1, 0.15) is 58.9 Å². The molecule has 118 valence electrons. The molecule has 1 fully saturated rings. The summed E-state index contributed by atoms with van der Waals surface area (Å²) in [6.45, 7) is 2.24. The van der Waals surface area contributed by atoms with Crippen LogP contribution in [0.15, 0.2) is 0 Å². The number of alkyl halides is 2. The molecule has 1 heterocycles. The van der Waals surface area contributed by atoms with E-state index in [1.807, 2.05) is 0 Å². The maximum absolute atomic E-state index is 13.2. The zero-order valence-electron chi connectivity index (χ0n) is 12.2. The Bertz CT molecular complexity index is 494. The van der Waals surface area contributed by atoms with Crippen molar-refractivity contribution in [2.75, 3.05) is 13.7 Å². The van der Waals surface area contributed by atoms with Gasteiger partial charge in [0.15, 0.2) is 0 Å². The molecule has 1 aliphatic carbocycles. The number of hydrogen-bond donors (Lipinski definition) is 0. The van der Waals surface area contributed by atoms with Gasteiger partial charge in [-0.05, 0) is 19.8 Å². The van der Waals surface area contributed by atoms with Crippen molar-refractivity contribution in [2.24, 2.45) is 0 Å². The summed E-state index contributed by atoms with van der Waals surface area (Å²) >= 11 is 1.24. The van der Waals surface area contributed by atoms with Crippen molar-refractivity contribution in [3.63, 3.8) is 0 Å². The van der Waals surface area contributed by atoms with Crippen molar-refractivity contribution in [2.45, 2.75) is 51.1 Å². The lowest BCUT2D eigenvalue weighted by atomic mass is 9.87. The van der Waals surface area contributed by atoms with Crippen molar-refractivity contribution in [3.8, 4) is 0 Å². The molecule has 0 aliphatic heterocycles. The van der Waals surface area contributed by atoms with Crippen LogP contribution in [-0.4, -0.2) is 30.6 Å². The largest absolute Gasteiger partial charge is 0.462 e. The van der Waals surface area contributed by atoms with Gasteiger partial charge in [0.2, 0.25) is 5.92 Å². The Labute approximate surface area is 126 Å². The van der Waals surface area contributed by atoms with Gasteiger partial charge in [0.25, 0.3) is 0 Å². The Balaban J connectivity index is 2.17. The molecule has 0 spiro atoms. The number of ether oxygens (including phenoxy) is 2. The van der Waals surface area contributed by atoms with Crippen LogP contribution in [0.2, 0.25) is 0 Å². The molecule has 7 heteroatoms. The molecule has 0 radical (unpaired) electrons. The molecule has 0 atom stereocenters. The van der Waals surface area contributed by atoms with Crippen molar-refractivity contribution < 1.29 is 23.0 Å². The number of aromatic nitrogens is 1. The molecule has 0 N–H and O–H groups in total. The highest BCUT2D eigenvalue weighted by Crippen LogP contribution is 2.42. The highest BCUT2D eigenvalue weighted by Gasteiger charge is 2.37. The average Bonchev–Trinajstić information content (AvgIpc) is 2.83. The quantitative estimate of drug-likeness (QED) is 0.775. The lowest BCUT2D eigenvalue weighted by Gasteiger charge is -2.26. The van der Waals surface area contributed by atoms with Crippen LogP contribution in [-0.2, 0) is 16.1 Å². The summed E-state index contributed by atoms with van der Waals surface area (Å²) in [6.07, 6.45) is 0.557. The molecular formula is C14H19F2NO3S. The van der Waals surface area contributed by atoms with Crippen LogP contribution in [0.25, 0.3) is 0 Å². The lowest BCUT2D eigenvalue weighted by molar-refractivity contribution is -0.0382. The fraction of sp³-hybridized carbons (Fsp3) is 0.714. The van der Waals surface area contributed by atoms with Gasteiger partial charge >= 0.3 is 5.97 Å². The van der Waals surface area contributed by atoms with Gasteiger partial charge in [-0.3, -0.25) is 0 Å². The molecule has 0 unspecified atom stereocenters. The van der Waals surface area contributed by atoms with E-state index in [0.717, 1.165) is 5.01 Å². The van der Waals surface area contributed by atoms with E-state index < -0.39 is 11.9 Å². The highest BCUT2D eigenvalue weighted by atomic mass is 32.1. The highest BCUT2D eigenvalue weighted by molar-refractivity contribution is 7.13. The second-order valence-corrected chi connectivity index (χ2v) is 6.14. The van der Waals surface area contributed by atoms with Gasteiger partial charge in [0.1, 0.15) is 4.88 Å². The monoisotopic (exact) mass is 319 g/mol. The number of carbonyl (C=O) groups excluding carboxylic acids is 1. The SMILES string of the molecule is CCOC(=O)c1sc(C2CCC(F)(F)CC2)nc1COC. The minimum atomic E-state index is -2.56. The third-order valence-electron chi connectivity index (χ3n) is 3.52. The van der Waals surface area contributed by atoms with Gasteiger partial charge in [-0.1, -0.05) is 0 Å². The summed E-state index contributed by atoms with van der Waals surface area (Å²) in [5, 5.41) is 0.737. The molecule has 1 aliphatic rings. The summed E-state index contributed by atoms with van der Waals surface area (Å²) in [6, 6.07) is 0. The number of methoxy groups -OCH3 is 1. The summed E-state index contributed by atoms with van der Waals surface area (Å²) in [5.74, 6) is -2.99. The first-order valence-corrected chi connectivity index (χ1v) is 7.82. The topological polar surface area (TPSA) is 48.4 Å². The molecule has 1 saturated carbocycles. The van der Waals surface area contributed by atoms with Gasteiger partial charge < -0.3 is 9.47 Å². The molecule has 1 aromatic rings. The maximum atomic E-state index is 13.2. The Morgan fingerprint density at radius 2 is 2.10 bits per heavy atom. The Hall–Kier alpha value is -1.08. The van der Waals surface area contributed by atoms with E-state index >= 15 is 0 Å². The fourth-order valence-corrected chi connectivity index (χ4v) is 3.55. The van der Waals surface area contributed by atoms with Gasteiger partial charge in [0, 0.05) is 25.9 Å². The van der Waals surface area contributed by atoms with E-state index in [1.165, 1.54) is 18.4 Å². The summed E-state index contributed by atoms with van der Waals surface area (Å²) in [4.78, 5) is 16.8. The van der Waals surface area contributed by atoms with Gasteiger partial charge in [0.05, 0.1) is 23.9 Å². The van der Waals surface area contributed by atoms with Crippen LogP contribution in [0.3, 0.4) is 0 Å². The summed E-state index contributed by atoms with van der Waals surface area (Å²) < 4.78 is 36.5. The number of hydrogen-bond acceptors (Lipinski definition) is 5. The van der Waals surface area contributed by atoms with Gasteiger partial charge in [-0.15, -0.1) is 11.3 Å². The minimum Gasteiger partial charge on any atom is -0.462 e. The Kier molecular flexibility index (Phi) is 5.27. The van der Waals surface area contributed by atoms with E-state index in [9.17, 15) is 13.6 Å². The summed E-state index contributed by atoms with van der Waals surface area (Å²) in [7, 11) is 1.52. The zero-order chi connectivity index (χ0) is 15.5. The van der Waals surface area contributed by atoms with Gasteiger partial charge in [-0.2, -0.15) is 0 Å². The van der Waals surface area contributed by atoms with Crippen molar-refractivity contribution in [3.05, 3.63) is 15.6 Å². The van der Waals surface area contributed by atoms with Crippen molar-refractivity contribution in [1.82, 2.24) is 4.98 Å². The third-order valence-corrected chi connectivity index (χ3v) is 4.76. The van der Waals surface area contributed by atoms with E-state index in [0.29, 0.717) is 23.4 Å². The minimum absolute atomic E-state index is 0.00610. The maximum Gasteiger partial charge on any atom is 0.350 e. The first-order chi connectivity index (χ1) is 9.96. The second kappa shape index (κ2) is 6.79. The van der Waals surface area contributed by atoms with Gasteiger partial charge in [-0.25, -0.2) is 18.6 Å².